The van der Waals surface area contributed by atoms with Gasteiger partial charge < -0.3 is 4.57 Å². The summed E-state index contributed by atoms with van der Waals surface area (Å²) in [6, 6.07) is 8.28. The maximum atomic E-state index is 4.28. The Morgan fingerprint density at radius 2 is 2.00 bits per heavy atom. The highest BCUT2D eigenvalue weighted by molar-refractivity contribution is 7.07. The van der Waals surface area contributed by atoms with Gasteiger partial charge in [-0.2, -0.15) is 0 Å². The summed E-state index contributed by atoms with van der Waals surface area (Å²) >= 11 is 1.61. The number of benzene rings is 1. The molecule has 2 heterocycles. The number of hydrogen-bond donors (Lipinski definition) is 0. The first-order chi connectivity index (χ1) is 7.93. The minimum Gasteiger partial charge on any atom is -0.306 e. The Hall–Kier alpha value is -1.94. The van der Waals surface area contributed by atoms with E-state index in [1.807, 2.05) is 21.7 Å². The molecule has 0 N–H and O–H groups in total. The lowest BCUT2D eigenvalue weighted by atomic mass is 10.1. The zero-order valence-electron chi connectivity index (χ0n) is 8.45. The van der Waals surface area contributed by atoms with Crippen molar-refractivity contribution >= 4 is 11.3 Å². The molecule has 0 saturated heterocycles. The van der Waals surface area contributed by atoms with Gasteiger partial charge in [0.25, 0.3) is 0 Å². The maximum absolute atomic E-state index is 4.28. The minimum absolute atomic E-state index is 1.03. The Kier molecular flexibility index (Phi) is 2.27. The van der Waals surface area contributed by atoms with E-state index in [9.17, 15) is 0 Å². The van der Waals surface area contributed by atoms with E-state index < -0.39 is 0 Å². The van der Waals surface area contributed by atoms with E-state index in [2.05, 4.69) is 34.2 Å². The molecule has 0 bridgehead atoms. The summed E-state index contributed by atoms with van der Waals surface area (Å²) in [7, 11) is 0. The molecule has 0 aliphatic heterocycles. The van der Waals surface area contributed by atoms with Gasteiger partial charge in [-0.3, -0.25) is 0 Å². The molecule has 2 aromatic heterocycles. The lowest BCUT2D eigenvalue weighted by molar-refractivity contribution is 1.06. The predicted molar refractivity (Wildman–Crippen MR) is 64.7 cm³/mol. The van der Waals surface area contributed by atoms with Gasteiger partial charge >= 0.3 is 0 Å². The van der Waals surface area contributed by atoms with Crippen molar-refractivity contribution in [3.63, 3.8) is 0 Å². The molecular weight excluding hydrogens is 218 g/mol. The zero-order valence-corrected chi connectivity index (χ0v) is 9.26. The number of aromatic nitrogens is 3. The number of rotatable bonds is 2. The van der Waals surface area contributed by atoms with E-state index in [0.29, 0.717) is 0 Å². The van der Waals surface area contributed by atoms with Gasteiger partial charge in [0.05, 0.1) is 17.5 Å². The van der Waals surface area contributed by atoms with Crippen LogP contribution in [0.15, 0.2) is 53.9 Å². The summed E-state index contributed by atoms with van der Waals surface area (Å²) in [5.41, 5.74) is 5.13. The molecule has 78 valence electrons. The monoisotopic (exact) mass is 227 g/mol. The van der Waals surface area contributed by atoms with Crippen molar-refractivity contribution in [2.45, 2.75) is 0 Å². The van der Waals surface area contributed by atoms with E-state index in [4.69, 9.17) is 0 Å². The third-order valence-electron chi connectivity index (χ3n) is 2.40. The second-order valence-electron chi connectivity index (χ2n) is 3.39. The fourth-order valence-electron chi connectivity index (χ4n) is 1.57. The lowest BCUT2D eigenvalue weighted by Crippen LogP contribution is -1.89. The van der Waals surface area contributed by atoms with Gasteiger partial charge in [0, 0.05) is 29.0 Å². The highest BCUT2D eigenvalue weighted by Crippen LogP contribution is 2.20. The summed E-state index contributed by atoms with van der Waals surface area (Å²) in [5, 5.41) is 2.05. The molecule has 0 aliphatic rings. The highest BCUT2D eigenvalue weighted by atomic mass is 32.1. The van der Waals surface area contributed by atoms with Crippen molar-refractivity contribution in [1.29, 1.82) is 0 Å². The van der Waals surface area contributed by atoms with E-state index in [1.54, 1.807) is 23.9 Å². The summed E-state index contributed by atoms with van der Waals surface area (Å²) in [5.74, 6) is 0. The van der Waals surface area contributed by atoms with Gasteiger partial charge in [0.15, 0.2) is 0 Å². The van der Waals surface area contributed by atoms with Crippen LogP contribution in [0.1, 0.15) is 0 Å². The average molecular weight is 227 g/mol. The molecule has 0 atom stereocenters. The molecule has 3 nitrogen and oxygen atoms in total. The van der Waals surface area contributed by atoms with E-state index >= 15 is 0 Å². The van der Waals surface area contributed by atoms with E-state index in [1.165, 1.54) is 0 Å². The predicted octanol–water partition coefficient (Wildman–Crippen LogP) is 3.00. The van der Waals surface area contributed by atoms with Crippen molar-refractivity contribution in [3.05, 3.63) is 53.9 Å². The molecule has 0 saturated carbocycles. The molecule has 16 heavy (non-hydrogen) atoms. The largest absolute Gasteiger partial charge is 0.306 e. The van der Waals surface area contributed by atoms with Gasteiger partial charge in [0.2, 0.25) is 0 Å². The molecule has 0 aliphatic carbocycles. The average Bonchev–Trinajstić information content (AvgIpc) is 3.03. The third-order valence-corrected chi connectivity index (χ3v) is 2.98. The number of nitrogens with zero attached hydrogens (tertiary/aromatic N) is 3. The molecule has 0 radical (unpaired) electrons. The van der Waals surface area contributed by atoms with Gasteiger partial charge in [0.1, 0.15) is 0 Å². The summed E-state index contributed by atoms with van der Waals surface area (Å²) in [6.07, 6.45) is 5.49. The SMILES string of the molecule is c1cn(-c2ccc(-c3cscn3)cc2)cn1. The molecule has 3 rings (SSSR count). The Morgan fingerprint density at radius 3 is 2.62 bits per heavy atom. The molecule has 4 heteroatoms. The highest BCUT2D eigenvalue weighted by Gasteiger charge is 2.00. The summed E-state index contributed by atoms with van der Waals surface area (Å²) in [4.78, 5) is 8.30. The third kappa shape index (κ3) is 1.63. The fraction of sp³-hybridized carbons (Fsp3) is 0. The number of thiazole rings is 1. The lowest BCUT2D eigenvalue weighted by Gasteiger charge is -2.02. The van der Waals surface area contributed by atoms with Crippen LogP contribution in [0.3, 0.4) is 0 Å². The first-order valence-corrected chi connectivity index (χ1v) is 5.85. The Labute approximate surface area is 97.0 Å². The Morgan fingerprint density at radius 1 is 1.12 bits per heavy atom. The molecule has 3 aromatic rings. The molecule has 1 aromatic carbocycles. The first-order valence-electron chi connectivity index (χ1n) is 4.90. The van der Waals surface area contributed by atoms with Crippen LogP contribution >= 0.6 is 11.3 Å². The molecule has 0 spiro atoms. The minimum atomic E-state index is 1.03. The van der Waals surface area contributed by atoms with E-state index in [-0.39, 0.29) is 0 Å². The molecule has 0 fully saturated rings. The topological polar surface area (TPSA) is 30.7 Å². The van der Waals surface area contributed by atoms with Crippen LogP contribution in [0.5, 0.6) is 0 Å². The molecular formula is C12H9N3S. The van der Waals surface area contributed by atoms with Crippen LogP contribution in [-0.2, 0) is 0 Å². The van der Waals surface area contributed by atoms with Crippen molar-refractivity contribution in [2.75, 3.05) is 0 Å². The zero-order chi connectivity index (χ0) is 10.8. The number of imidazole rings is 1. The van der Waals surface area contributed by atoms with Crippen LogP contribution in [0.4, 0.5) is 0 Å². The van der Waals surface area contributed by atoms with Crippen molar-refractivity contribution in [3.8, 4) is 16.9 Å². The van der Waals surface area contributed by atoms with Crippen LogP contribution in [0.25, 0.3) is 16.9 Å². The molecule has 0 unspecified atom stereocenters. The van der Waals surface area contributed by atoms with Gasteiger partial charge in [-0.25, -0.2) is 9.97 Å². The van der Waals surface area contributed by atoms with Crippen molar-refractivity contribution in [2.24, 2.45) is 0 Å². The van der Waals surface area contributed by atoms with Crippen molar-refractivity contribution in [1.82, 2.24) is 14.5 Å². The quantitative estimate of drug-likeness (QED) is 0.673. The first kappa shape index (κ1) is 9.30. The normalized spacial score (nSPS) is 10.5. The Balaban J connectivity index is 1.97. The smallest absolute Gasteiger partial charge is 0.0991 e. The van der Waals surface area contributed by atoms with Crippen LogP contribution in [0.2, 0.25) is 0 Å². The van der Waals surface area contributed by atoms with Gasteiger partial charge in [-0.15, -0.1) is 11.3 Å². The summed E-state index contributed by atoms with van der Waals surface area (Å²) in [6.45, 7) is 0. The van der Waals surface area contributed by atoms with Gasteiger partial charge in [-0.1, -0.05) is 12.1 Å². The summed E-state index contributed by atoms with van der Waals surface area (Å²) < 4.78 is 1.98. The standard InChI is InChI=1S/C12H9N3S/c1-3-11(15-6-5-13-8-15)4-2-10(1)12-7-16-9-14-12/h1-9H. The number of hydrogen-bond acceptors (Lipinski definition) is 3. The van der Waals surface area contributed by atoms with Crippen molar-refractivity contribution < 1.29 is 0 Å². The van der Waals surface area contributed by atoms with Crippen LogP contribution in [0, 0.1) is 0 Å². The van der Waals surface area contributed by atoms with Crippen LogP contribution < -0.4 is 0 Å². The fourth-order valence-corrected chi connectivity index (χ4v) is 2.13. The van der Waals surface area contributed by atoms with Gasteiger partial charge in [-0.05, 0) is 12.1 Å². The molecule has 0 amide bonds. The Bertz CT molecular complexity index is 500. The van der Waals surface area contributed by atoms with E-state index in [0.717, 1.165) is 16.9 Å². The maximum Gasteiger partial charge on any atom is 0.0991 e. The van der Waals surface area contributed by atoms with Crippen LogP contribution in [-0.4, -0.2) is 14.5 Å². The second-order valence-corrected chi connectivity index (χ2v) is 4.11. The second kappa shape index (κ2) is 3.90.